The minimum absolute atomic E-state index is 0.0561. The van der Waals surface area contributed by atoms with Crippen LogP contribution in [0.15, 0.2) is 34.9 Å². The van der Waals surface area contributed by atoms with Crippen LogP contribution in [0, 0.1) is 5.92 Å². The van der Waals surface area contributed by atoms with Crippen LogP contribution >= 0.6 is 0 Å². The quantitative estimate of drug-likeness (QED) is 0.839. The van der Waals surface area contributed by atoms with E-state index in [1.165, 1.54) is 0 Å². The summed E-state index contributed by atoms with van der Waals surface area (Å²) in [5.74, 6) is 0.570. The van der Waals surface area contributed by atoms with Crippen molar-refractivity contribution in [2.45, 2.75) is 38.3 Å². The standard InChI is InChI=1S/C19H23N5O3/c25-18(14-7-4-10-24(12-14)19(26)21-15-8-9-15)20-11-16-22-17(23-27-16)13-5-2-1-3-6-13/h1-3,5-6,14-15H,4,7-12H2,(H,20,25)(H,21,26). The third-order valence-corrected chi connectivity index (χ3v) is 4.90. The summed E-state index contributed by atoms with van der Waals surface area (Å²) in [7, 11) is 0. The summed E-state index contributed by atoms with van der Waals surface area (Å²) in [5, 5.41) is 9.78. The van der Waals surface area contributed by atoms with E-state index in [1.54, 1.807) is 4.90 Å². The van der Waals surface area contributed by atoms with Gasteiger partial charge < -0.3 is 20.1 Å². The van der Waals surface area contributed by atoms with E-state index in [4.69, 9.17) is 4.52 Å². The first-order chi connectivity index (χ1) is 13.2. The van der Waals surface area contributed by atoms with Gasteiger partial charge in [-0.15, -0.1) is 0 Å². The fourth-order valence-corrected chi connectivity index (χ4v) is 3.21. The van der Waals surface area contributed by atoms with Crippen LogP contribution in [-0.4, -0.2) is 46.1 Å². The van der Waals surface area contributed by atoms with Gasteiger partial charge in [-0.05, 0) is 25.7 Å². The minimum atomic E-state index is -0.208. The summed E-state index contributed by atoms with van der Waals surface area (Å²) in [6.45, 7) is 1.33. The molecule has 1 unspecified atom stereocenters. The van der Waals surface area contributed by atoms with E-state index in [-0.39, 0.29) is 24.4 Å². The molecule has 1 atom stereocenters. The predicted molar refractivity (Wildman–Crippen MR) is 97.4 cm³/mol. The molecular weight excluding hydrogens is 346 g/mol. The SMILES string of the molecule is O=C(NCc1nc(-c2ccccc2)no1)C1CCCN(C(=O)NC2CC2)C1. The van der Waals surface area contributed by atoms with E-state index in [0.717, 1.165) is 31.2 Å². The molecular formula is C19H23N5O3. The first-order valence-electron chi connectivity index (χ1n) is 9.40. The van der Waals surface area contributed by atoms with Crippen molar-refractivity contribution in [3.8, 4) is 11.4 Å². The summed E-state index contributed by atoms with van der Waals surface area (Å²) in [4.78, 5) is 30.7. The third-order valence-electron chi connectivity index (χ3n) is 4.90. The van der Waals surface area contributed by atoms with Crippen LogP contribution in [0.4, 0.5) is 4.79 Å². The Balaban J connectivity index is 1.28. The Morgan fingerprint density at radius 1 is 1.19 bits per heavy atom. The normalized spacial score (nSPS) is 19.6. The second kappa shape index (κ2) is 7.77. The summed E-state index contributed by atoms with van der Waals surface area (Å²) < 4.78 is 5.22. The van der Waals surface area contributed by atoms with Gasteiger partial charge in [-0.1, -0.05) is 35.5 Å². The molecule has 1 saturated heterocycles. The highest BCUT2D eigenvalue weighted by molar-refractivity contribution is 5.81. The van der Waals surface area contributed by atoms with E-state index < -0.39 is 0 Å². The zero-order chi connectivity index (χ0) is 18.6. The van der Waals surface area contributed by atoms with Crippen LogP contribution in [0.1, 0.15) is 31.6 Å². The molecule has 1 aliphatic carbocycles. The van der Waals surface area contributed by atoms with E-state index in [9.17, 15) is 9.59 Å². The molecule has 2 N–H and O–H groups in total. The van der Waals surface area contributed by atoms with Crippen molar-refractivity contribution >= 4 is 11.9 Å². The lowest BCUT2D eigenvalue weighted by Gasteiger charge is -2.32. The molecule has 2 aliphatic rings. The molecule has 0 bridgehead atoms. The van der Waals surface area contributed by atoms with Gasteiger partial charge in [0.05, 0.1) is 12.5 Å². The van der Waals surface area contributed by atoms with Gasteiger partial charge in [0.25, 0.3) is 0 Å². The second-order valence-corrected chi connectivity index (χ2v) is 7.10. The average Bonchev–Trinajstić information content (AvgIpc) is 3.40. The van der Waals surface area contributed by atoms with Crippen molar-refractivity contribution < 1.29 is 14.1 Å². The van der Waals surface area contributed by atoms with Gasteiger partial charge in [0.2, 0.25) is 17.6 Å². The molecule has 2 fully saturated rings. The van der Waals surface area contributed by atoms with Crippen molar-refractivity contribution in [2.75, 3.05) is 13.1 Å². The smallest absolute Gasteiger partial charge is 0.317 e. The molecule has 142 valence electrons. The maximum absolute atomic E-state index is 12.5. The Morgan fingerprint density at radius 3 is 2.78 bits per heavy atom. The maximum Gasteiger partial charge on any atom is 0.317 e. The van der Waals surface area contributed by atoms with Crippen LogP contribution in [0.25, 0.3) is 11.4 Å². The number of hydrogen-bond donors (Lipinski definition) is 2. The second-order valence-electron chi connectivity index (χ2n) is 7.10. The lowest BCUT2D eigenvalue weighted by molar-refractivity contribution is -0.126. The van der Waals surface area contributed by atoms with Crippen LogP contribution in [-0.2, 0) is 11.3 Å². The topological polar surface area (TPSA) is 100 Å². The number of carbonyl (C=O) groups is 2. The van der Waals surface area contributed by atoms with Gasteiger partial charge in [-0.25, -0.2) is 4.79 Å². The molecule has 2 heterocycles. The lowest BCUT2D eigenvalue weighted by atomic mass is 9.97. The molecule has 1 saturated carbocycles. The first kappa shape index (κ1) is 17.5. The highest BCUT2D eigenvalue weighted by Gasteiger charge is 2.31. The molecule has 8 nitrogen and oxygen atoms in total. The number of carbonyl (C=O) groups excluding carboxylic acids is 2. The van der Waals surface area contributed by atoms with Crippen LogP contribution in [0.5, 0.6) is 0 Å². The number of amides is 3. The number of urea groups is 1. The monoisotopic (exact) mass is 369 g/mol. The van der Waals surface area contributed by atoms with E-state index in [0.29, 0.717) is 30.8 Å². The number of likely N-dealkylation sites (tertiary alicyclic amines) is 1. The van der Waals surface area contributed by atoms with Crippen LogP contribution in [0.3, 0.4) is 0 Å². The van der Waals surface area contributed by atoms with Gasteiger partial charge in [0.15, 0.2) is 0 Å². The highest BCUT2D eigenvalue weighted by Crippen LogP contribution is 2.21. The molecule has 0 spiro atoms. The number of aromatic nitrogens is 2. The van der Waals surface area contributed by atoms with Crippen LogP contribution < -0.4 is 10.6 Å². The third kappa shape index (κ3) is 4.45. The molecule has 1 aromatic heterocycles. The molecule has 2 aromatic rings. The van der Waals surface area contributed by atoms with Crippen molar-refractivity contribution in [2.24, 2.45) is 5.92 Å². The van der Waals surface area contributed by atoms with Gasteiger partial charge in [0, 0.05) is 24.7 Å². The number of rotatable bonds is 5. The molecule has 8 heteroatoms. The van der Waals surface area contributed by atoms with Gasteiger partial charge in [-0.2, -0.15) is 4.98 Å². The highest BCUT2D eigenvalue weighted by atomic mass is 16.5. The van der Waals surface area contributed by atoms with Gasteiger partial charge in [-0.3, -0.25) is 4.79 Å². The first-order valence-corrected chi connectivity index (χ1v) is 9.40. The van der Waals surface area contributed by atoms with E-state index in [1.807, 2.05) is 30.3 Å². The summed E-state index contributed by atoms with van der Waals surface area (Å²) in [5.41, 5.74) is 0.864. The molecule has 3 amide bonds. The number of benzene rings is 1. The lowest BCUT2D eigenvalue weighted by Crippen LogP contribution is -2.49. The van der Waals surface area contributed by atoms with Crippen molar-refractivity contribution in [3.05, 3.63) is 36.2 Å². The number of hydrogen-bond acceptors (Lipinski definition) is 5. The van der Waals surface area contributed by atoms with Gasteiger partial charge in [0.1, 0.15) is 0 Å². The fourth-order valence-electron chi connectivity index (χ4n) is 3.21. The summed E-state index contributed by atoms with van der Waals surface area (Å²) >= 11 is 0. The Kier molecular flexibility index (Phi) is 5.04. The number of piperidine rings is 1. The minimum Gasteiger partial charge on any atom is -0.347 e. The average molecular weight is 369 g/mol. The summed E-state index contributed by atoms with van der Waals surface area (Å²) in [6, 6.07) is 9.79. The van der Waals surface area contributed by atoms with E-state index >= 15 is 0 Å². The molecule has 1 aliphatic heterocycles. The molecule has 27 heavy (non-hydrogen) atoms. The van der Waals surface area contributed by atoms with Gasteiger partial charge >= 0.3 is 6.03 Å². The summed E-state index contributed by atoms with van der Waals surface area (Å²) in [6.07, 6.45) is 3.71. The molecule has 1 aromatic carbocycles. The largest absolute Gasteiger partial charge is 0.347 e. The molecule has 4 rings (SSSR count). The maximum atomic E-state index is 12.5. The fraction of sp³-hybridized carbons (Fsp3) is 0.474. The Hall–Kier alpha value is -2.90. The number of nitrogens with one attached hydrogen (secondary N) is 2. The van der Waals surface area contributed by atoms with Crippen molar-refractivity contribution in [3.63, 3.8) is 0 Å². The van der Waals surface area contributed by atoms with Crippen molar-refractivity contribution in [1.82, 2.24) is 25.7 Å². The predicted octanol–water partition coefficient (Wildman–Crippen LogP) is 1.94. The number of nitrogens with zero attached hydrogens (tertiary/aromatic N) is 3. The van der Waals surface area contributed by atoms with Crippen LogP contribution in [0.2, 0.25) is 0 Å². The van der Waals surface area contributed by atoms with E-state index in [2.05, 4.69) is 20.8 Å². The zero-order valence-electron chi connectivity index (χ0n) is 15.1. The Labute approximate surface area is 157 Å². The zero-order valence-corrected chi connectivity index (χ0v) is 15.1. The Morgan fingerprint density at radius 2 is 2.00 bits per heavy atom. The Bertz CT molecular complexity index is 803. The van der Waals surface area contributed by atoms with Crippen molar-refractivity contribution in [1.29, 1.82) is 0 Å². The molecule has 0 radical (unpaired) electrons.